The average Bonchev–Trinajstić information content (AvgIpc) is 2.82. The second kappa shape index (κ2) is 6.63. The number of oxime groups is 1. The van der Waals surface area contributed by atoms with E-state index in [9.17, 15) is 4.79 Å². The van der Waals surface area contributed by atoms with E-state index in [2.05, 4.69) is 15.6 Å². The zero-order valence-corrected chi connectivity index (χ0v) is 10.6. The molecule has 1 aromatic rings. The van der Waals surface area contributed by atoms with Crippen molar-refractivity contribution in [2.45, 2.75) is 32.9 Å². The second-order valence-corrected chi connectivity index (χ2v) is 4.12. The van der Waals surface area contributed by atoms with Crippen molar-refractivity contribution in [1.29, 1.82) is 0 Å². The largest absolute Gasteiger partial charge is 0.409 e. The average molecular weight is 253 g/mol. The van der Waals surface area contributed by atoms with E-state index >= 15 is 0 Å². The van der Waals surface area contributed by atoms with Crippen LogP contribution in [0, 0.1) is 5.92 Å². The lowest BCUT2D eigenvalue weighted by Gasteiger charge is -2.18. The Balaban J connectivity index is 2.52. The first-order valence-electron chi connectivity index (χ1n) is 5.83. The molecule has 0 fully saturated rings. The van der Waals surface area contributed by atoms with Crippen LogP contribution in [0.1, 0.15) is 20.3 Å². The molecular formula is C11H19N5O2. The summed E-state index contributed by atoms with van der Waals surface area (Å²) in [5, 5.41) is 18.3. The van der Waals surface area contributed by atoms with Crippen molar-refractivity contribution >= 4 is 11.7 Å². The number of hydrogen-bond acceptors (Lipinski definition) is 4. The van der Waals surface area contributed by atoms with E-state index in [1.54, 1.807) is 17.8 Å². The molecule has 100 valence electrons. The molecule has 0 saturated heterocycles. The summed E-state index contributed by atoms with van der Waals surface area (Å²) in [4.78, 5) is 11.9. The molecule has 0 aliphatic heterocycles. The van der Waals surface area contributed by atoms with Gasteiger partial charge in [0.15, 0.2) is 5.84 Å². The van der Waals surface area contributed by atoms with Crippen molar-refractivity contribution < 1.29 is 10.0 Å². The Labute approximate surface area is 106 Å². The van der Waals surface area contributed by atoms with E-state index in [1.165, 1.54) is 0 Å². The van der Waals surface area contributed by atoms with E-state index in [4.69, 9.17) is 10.9 Å². The van der Waals surface area contributed by atoms with Crippen LogP contribution in [0.4, 0.5) is 0 Å². The number of hydrogen-bond donors (Lipinski definition) is 3. The SMILES string of the molecule is CCC(C(=O)NC(C)Cn1cccn1)/C(N)=N/O. The molecule has 0 radical (unpaired) electrons. The van der Waals surface area contributed by atoms with Crippen LogP contribution in [0.2, 0.25) is 0 Å². The van der Waals surface area contributed by atoms with E-state index in [0.29, 0.717) is 13.0 Å². The van der Waals surface area contributed by atoms with Gasteiger partial charge in [-0.15, -0.1) is 0 Å². The van der Waals surface area contributed by atoms with Gasteiger partial charge in [-0.1, -0.05) is 12.1 Å². The fourth-order valence-electron chi connectivity index (χ4n) is 1.68. The molecule has 0 aliphatic rings. The first-order valence-corrected chi connectivity index (χ1v) is 5.83. The lowest BCUT2D eigenvalue weighted by molar-refractivity contribution is -0.123. The van der Waals surface area contributed by atoms with Crippen molar-refractivity contribution in [3.63, 3.8) is 0 Å². The minimum absolute atomic E-state index is 0.0683. The van der Waals surface area contributed by atoms with E-state index in [0.717, 1.165) is 0 Å². The van der Waals surface area contributed by atoms with Crippen molar-refractivity contribution in [1.82, 2.24) is 15.1 Å². The van der Waals surface area contributed by atoms with Crippen LogP contribution in [0.15, 0.2) is 23.6 Å². The molecule has 1 rings (SSSR count). The number of aromatic nitrogens is 2. The minimum Gasteiger partial charge on any atom is -0.409 e. The molecule has 0 aliphatic carbocycles. The first-order chi connectivity index (χ1) is 8.58. The Morgan fingerprint density at radius 1 is 1.67 bits per heavy atom. The molecule has 1 heterocycles. The summed E-state index contributed by atoms with van der Waals surface area (Å²) >= 11 is 0. The predicted molar refractivity (Wildman–Crippen MR) is 67.0 cm³/mol. The van der Waals surface area contributed by atoms with E-state index in [1.807, 2.05) is 19.2 Å². The third kappa shape index (κ3) is 3.76. The molecule has 7 heteroatoms. The number of rotatable bonds is 6. The summed E-state index contributed by atoms with van der Waals surface area (Å²) < 4.78 is 1.73. The van der Waals surface area contributed by atoms with Crippen LogP contribution in [0.3, 0.4) is 0 Å². The Morgan fingerprint density at radius 2 is 2.39 bits per heavy atom. The van der Waals surface area contributed by atoms with E-state index < -0.39 is 5.92 Å². The summed E-state index contributed by atoms with van der Waals surface area (Å²) in [5.74, 6) is -0.913. The summed E-state index contributed by atoms with van der Waals surface area (Å²) in [7, 11) is 0. The maximum atomic E-state index is 11.9. The van der Waals surface area contributed by atoms with Gasteiger partial charge in [0.2, 0.25) is 5.91 Å². The summed E-state index contributed by atoms with van der Waals surface area (Å²) in [6, 6.07) is 1.73. The molecule has 0 aromatic carbocycles. The molecule has 1 amide bonds. The predicted octanol–water partition coefficient (Wildman–Crippen LogP) is 0.160. The molecule has 0 spiro atoms. The Bertz CT molecular complexity index is 402. The number of amidine groups is 1. The molecule has 2 unspecified atom stereocenters. The highest BCUT2D eigenvalue weighted by Gasteiger charge is 2.22. The number of nitrogens with zero attached hydrogens (tertiary/aromatic N) is 3. The highest BCUT2D eigenvalue weighted by atomic mass is 16.4. The zero-order chi connectivity index (χ0) is 13.5. The van der Waals surface area contributed by atoms with Crippen LogP contribution < -0.4 is 11.1 Å². The van der Waals surface area contributed by atoms with Crippen LogP contribution in [0.5, 0.6) is 0 Å². The molecule has 18 heavy (non-hydrogen) atoms. The smallest absolute Gasteiger partial charge is 0.231 e. The highest BCUT2D eigenvalue weighted by molar-refractivity contribution is 6.02. The van der Waals surface area contributed by atoms with Crippen LogP contribution in [-0.2, 0) is 11.3 Å². The van der Waals surface area contributed by atoms with Gasteiger partial charge < -0.3 is 16.3 Å². The number of carbonyl (C=O) groups excluding carboxylic acids is 1. The molecule has 0 saturated carbocycles. The second-order valence-electron chi connectivity index (χ2n) is 4.12. The van der Waals surface area contributed by atoms with Crippen molar-refractivity contribution in [3.05, 3.63) is 18.5 Å². The molecule has 2 atom stereocenters. The fraction of sp³-hybridized carbons (Fsp3) is 0.545. The maximum absolute atomic E-state index is 11.9. The topological polar surface area (TPSA) is 106 Å². The van der Waals surface area contributed by atoms with Gasteiger partial charge in [0, 0.05) is 18.4 Å². The van der Waals surface area contributed by atoms with Gasteiger partial charge in [0.1, 0.15) is 0 Å². The number of amides is 1. The fourth-order valence-corrected chi connectivity index (χ4v) is 1.68. The van der Waals surface area contributed by atoms with Gasteiger partial charge in [-0.2, -0.15) is 5.10 Å². The lowest BCUT2D eigenvalue weighted by Crippen LogP contribution is -2.43. The lowest BCUT2D eigenvalue weighted by atomic mass is 10.0. The summed E-state index contributed by atoms with van der Waals surface area (Å²) in [6.07, 6.45) is 3.99. The standard InChI is InChI=1S/C11H19N5O2/c1-3-9(10(12)15-18)11(17)14-8(2)7-16-6-4-5-13-16/h4-6,8-9,18H,3,7H2,1-2H3,(H2,12,15)(H,14,17). The van der Waals surface area contributed by atoms with Gasteiger partial charge in [-0.25, -0.2) is 0 Å². The van der Waals surface area contributed by atoms with Crippen molar-refractivity contribution in [3.8, 4) is 0 Å². The van der Waals surface area contributed by atoms with Crippen LogP contribution in [0.25, 0.3) is 0 Å². The van der Waals surface area contributed by atoms with Gasteiger partial charge in [-0.05, 0) is 19.4 Å². The third-order valence-corrected chi connectivity index (χ3v) is 2.61. The van der Waals surface area contributed by atoms with Gasteiger partial charge in [0.05, 0.1) is 12.5 Å². The third-order valence-electron chi connectivity index (χ3n) is 2.61. The number of nitrogens with two attached hydrogens (primary N) is 1. The van der Waals surface area contributed by atoms with Gasteiger partial charge in [0.25, 0.3) is 0 Å². The normalized spacial score (nSPS) is 15.1. The van der Waals surface area contributed by atoms with Crippen molar-refractivity contribution in [2.24, 2.45) is 16.8 Å². The molecule has 7 nitrogen and oxygen atoms in total. The molecule has 1 aromatic heterocycles. The first kappa shape index (κ1) is 14.0. The van der Waals surface area contributed by atoms with Crippen LogP contribution >= 0.6 is 0 Å². The van der Waals surface area contributed by atoms with Crippen molar-refractivity contribution in [2.75, 3.05) is 0 Å². The zero-order valence-electron chi connectivity index (χ0n) is 10.6. The Hall–Kier alpha value is -2.05. The summed E-state index contributed by atoms with van der Waals surface area (Å²) in [6.45, 7) is 4.25. The van der Waals surface area contributed by atoms with Crippen LogP contribution in [-0.4, -0.2) is 32.8 Å². The molecular weight excluding hydrogens is 234 g/mol. The minimum atomic E-state index is -0.602. The monoisotopic (exact) mass is 253 g/mol. The molecule has 0 bridgehead atoms. The van der Waals surface area contributed by atoms with Gasteiger partial charge >= 0.3 is 0 Å². The number of carbonyl (C=O) groups is 1. The number of nitrogens with one attached hydrogen (secondary N) is 1. The maximum Gasteiger partial charge on any atom is 0.231 e. The van der Waals surface area contributed by atoms with Gasteiger partial charge in [-0.3, -0.25) is 9.48 Å². The summed E-state index contributed by atoms with van der Waals surface area (Å²) in [5.41, 5.74) is 5.46. The Morgan fingerprint density at radius 3 is 2.89 bits per heavy atom. The highest BCUT2D eigenvalue weighted by Crippen LogP contribution is 2.04. The molecule has 4 N–H and O–H groups in total. The Kier molecular flexibility index (Phi) is 5.16. The van der Waals surface area contributed by atoms with E-state index in [-0.39, 0.29) is 17.8 Å². The quantitative estimate of drug-likeness (QED) is 0.290.